The molecule has 0 bridgehead atoms. The van der Waals surface area contributed by atoms with Crippen LogP contribution < -0.4 is 0 Å². The van der Waals surface area contributed by atoms with Crippen molar-refractivity contribution in [3.05, 3.63) is 11.7 Å². The number of hydrogen-bond acceptors (Lipinski definition) is 5. The molecule has 100 valence electrons. The summed E-state index contributed by atoms with van der Waals surface area (Å²) < 4.78 is 5.21. The molecule has 1 aromatic rings. The first-order valence-corrected chi connectivity index (χ1v) is 6.12. The van der Waals surface area contributed by atoms with Gasteiger partial charge in [0.2, 0.25) is 5.89 Å². The van der Waals surface area contributed by atoms with Crippen molar-refractivity contribution < 1.29 is 14.4 Å². The van der Waals surface area contributed by atoms with Crippen molar-refractivity contribution in [1.82, 2.24) is 15.0 Å². The van der Waals surface area contributed by atoms with Crippen LogP contribution in [0.5, 0.6) is 0 Å². The molecule has 0 spiro atoms. The van der Waals surface area contributed by atoms with Crippen molar-refractivity contribution in [3.8, 4) is 0 Å². The predicted molar refractivity (Wildman–Crippen MR) is 64.0 cm³/mol. The number of aliphatic carboxylic acids is 1. The van der Waals surface area contributed by atoms with Gasteiger partial charge in [0.05, 0.1) is 13.0 Å². The summed E-state index contributed by atoms with van der Waals surface area (Å²) in [5, 5.41) is 12.6. The third-order valence-electron chi connectivity index (χ3n) is 2.97. The molecule has 0 amide bonds. The van der Waals surface area contributed by atoms with E-state index < -0.39 is 5.97 Å². The number of rotatable bonds is 4. The molecule has 6 nitrogen and oxygen atoms in total. The molecule has 2 rings (SSSR count). The molecule has 1 saturated heterocycles. The van der Waals surface area contributed by atoms with Gasteiger partial charge in [-0.15, -0.1) is 0 Å². The van der Waals surface area contributed by atoms with Gasteiger partial charge in [-0.3, -0.25) is 9.69 Å². The van der Waals surface area contributed by atoms with Crippen LogP contribution in [0.2, 0.25) is 0 Å². The summed E-state index contributed by atoms with van der Waals surface area (Å²) in [6.07, 6.45) is 0.246. The predicted octanol–water partition coefficient (Wildman–Crippen LogP) is 1.27. The lowest BCUT2D eigenvalue weighted by Gasteiger charge is -2.37. The second-order valence-corrected chi connectivity index (χ2v) is 5.92. The summed E-state index contributed by atoms with van der Waals surface area (Å²) in [6.45, 7) is 8.30. The Bertz CT molecular complexity index is 430. The summed E-state index contributed by atoms with van der Waals surface area (Å²) >= 11 is 0. The van der Waals surface area contributed by atoms with Gasteiger partial charge in [-0.2, -0.15) is 4.98 Å². The summed E-state index contributed by atoms with van der Waals surface area (Å²) in [6, 6.07) is 0. The Morgan fingerprint density at radius 2 is 2.17 bits per heavy atom. The standard InChI is InChI=1S/C12H19N3O3/c1-12(2,3)11-13-9(14-18-11)7-15-5-8(6-15)4-10(16)17/h8H,4-7H2,1-3H3,(H,16,17). The molecule has 0 radical (unpaired) electrons. The van der Waals surface area contributed by atoms with E-state index in [2.05, 4.69) is 15.0 Å². The number of likely N-dealkylation sites (tertiary alicyclic amines) is 1. The molecule has 1 aliphatic rings. The second kappa shape index (κ2) is 4.68. The summed E-state index contributed by atoms with van der Waals surface area (Å²) in [4.78, 5) is 17.0. The highest BCUT2D eigenvalue weighted by atomic mass is 16.5. The van der Waals surface area contributed by atoms with Crippen LogP contribution in [0.3, 0.4) is 0 Å². The highest BCUT2D eigenvalue weighted by molar-refractivity contribution is 5.67. The van der Waals surface area contributed by atoms with Crippen LogP contribution in [0.15, 0.2) is 4.52 Å². The summed E-state index contributed by atoms with van der Waals surface area (Å²) in [5.74, 6) is 0.847. The van der Waals surface area contributed by atoms with E-state index in [0.717, 1.165) is 13.1 Å². The van der Waals surface area contributed by atoms with Crippen LogP contribution in [0.1, 0.15) is 38.9 Å². The third kappa shape index (κ3) is 3.07. The molecule has 0 aromatic carbocycles. The SMILES string of the molecule is CC(C)(C)c1nc(CN2CC(CC(=O)O)C2)no1. The van der Waals surface area contributed by atoms with Gasteiger partial charge in [-0.1, -0.05) is 25.9 Å². The number of carboxylic acid groups (broad SMARTS) is 1. The molecule has 1 N–H and O–H groups in total. The Hall–Kier alpha value is -1.43. The first-order valence-electron chi connectivity index (χ1n) is 6.12. The lowest BCUT2D eigenvalue weighted by molar-refractivity contribution is -0.139. The largest absolute Gasteiger partial charge is 0.481 e. The van der Waals surface area contributed by atoms with Crippen LogP contribution in [0.4, 0.5) is 0 Å². The van der Waals surface area contributed by atoms with E-state index in [4.69, 9.17) is 9.63 Å². The van der Waals surface area contributed by atoms with E-state index in [-0.39, 0.29) is 17.8 Å². The Balaban J connectivity index is 1.82. The van der Waals surface area contributed by atoms with Gasteiger partial charge in [0.15, 0.2) is 5.82 Å². The van der Waals surface area contributed by atoms with Crippen molar-refractivity contribution in [1.29, 1.82) is 0 Å². The quantitative estimate of drug-likeness (QED) is 0.870. The zero-order valence-corrected chi connectivity index (χ0v) is 11.0. The molecule has 6 heteroatoms. The van der Waals surface area contributed by atoms with E-state index in [1.165, 1.54) is 0 Å². The minimum Gasteiger partial charge on any atom is -0.481 e. The number of carboxylic acids is 1. The topological polar surface area (TPSA) is 79.5 Å². The van der Waals surface area contributed by atoms with Crippen molar-refractivity contribution in [2.75, 3.05) is 13.1 Å². The third-order valence-corrected chi connectivity index (χ3v) is 2.97. The van der Waals surface area contributed by atoms with Gasteiger partial charge in [0.25, 0.3) is 0 Å². The second-order valence-electron chi connectivity index (χ2n) is 5.92. The van der Waals surface area contributed by atoms with Crippen molar-refractivity contribution in [2.24, 2.45) is 5.92 Å². The normalized spacial score (nSPS) is 17.7. The Kier molecular flexibility index (Phi) is 3.38. The highest BCUT2D eigenvalue weighted by Gasteiger charge is 2.30. The maximum absolute atomic E-state index is 10.5. The Labute approximate surface area is 106 Å². The molecule has 0 atom stereocenters. The highest BCUT2D eigenvalue weighted by Crippen LogP contribution is 2.23. The fourth-order valence-corrected chi connectivity index (χ4v) is 2.00. The van der Waals surface area contributed by atoms with Crippen molar-refractivity contribution >= 4 is 5.97 Å². The van der Waals surface area contributed by atoms with E-state index in [1.807, 2.05) is 20.8 Å². The number of carbonyl (C=O) groups is 1. The average Bonchev–Trinajstić information content (AvgIpc) is 2.61. The maximum atomic E-state index is 10.5. The smallest absolute Gasteiger partial charge is 0.303 e. The monoisotopic (exact) mass is 253 g/mol. The molecular formula is C12H19N3O3. The molecule has 0 unspecified atom stereocenters. The van der Waals surface area contributed by atoms with Crippen LogP contribution in [-0.4, -0.2) is 39.2 Å². The van der Waals surface area contributed by atoms with E-state index in [9.17, 15) is 4.79 Å². The Morgan fingerprint density at radius 3 is 2.67 bits per heavy atom. The van der Waals surface area contributed by atoms with Crippen LogP contribution >= 0.6 is 0 Å². The molecular weight excluding hydrogens is 234 g/mol. The lowest BCUT2D eigenvalue weighted by Crippen LogP contribution is -2.46. The number of nitrogens with zero attached hydrogens (tertiary/aromatic N) is 3. The minimum atomic E-state index is -0.728. The minimum absolute atomic E-state index is 0.133. The van der Waals surface area contributed by atoms with E-state index >= 15 is 0 Å². The fraction of sp³-hybridized carbons (Fsp3) is 0.750. The zero-order valence-electron chi connectivity index (χ0n) is 11.0. The molecule has 1 aromatic heterocycles. The van der Waals surface area contributed by atoms with Gasteiger partial charge >= 0.3 is 5.97 Å². The van der Waals surface area contributed by atoms with Crippen molar-refractivity contribution in [3.63, 3.8) is 0 Å². The Morgan fingerprint density at radius 1 is 1.50 bits per heavy atom. The number of hydrogen-bond donors (Lipinski definition) is 1. The molecule has 0 aliphatic carbocycles. The molecule has 2 heterocycles. The summed E-state index contributed by atoms with van der Waals surface area (Å²) in [7, 11) is 0. The fourth-order valence-electron chi connectivity index (χ4n) is 2.00. The zero-order chi connectivity index (χ0) is 13.3. The summed E-state index contributed by atoms with van der Waals surface area (Å²) in [5.41, 5.74) is -0.133. The van der Waals surface area contributed by atoms with Gasteiger partial charge in [0, 0.05) is 18.5 Å². The van der Waals surface area contributed by atoms with Gasteiger partial charge in [-0.05, 0) is 5.92 Å². The van der Waals surface area contributed by atoms with Gasteiger partial charge < -0.3 is 9.63 Å². The first-order chi connectivity index (χ1) is 8.34. The molecule has 1 aliphatic heterocycles. The van der Waals surface area contributed by atoms with Crippen molar-refractivity contribution in [2.45, 2.75) is 39.2 Å². The number of aromatic nitrogens is 2. The van der Waals surface area contributed by atoms with E-state index in [1.54, 1.807) is 0 Å². The molecule has 18 heavy (non-hydrogen) atoms. The van der Waals surface area contributed by atoms with E-state index in [0.29, 0.717) is 18.3 Å². The molecule has 1 fully saturated rings. The maximum Gasteiger partial charge on any atom is 0.303 e. The van der Waals surface area contributed by atoms with Crippen LogP contribution in [-0.2, 0) is 16.8 Å². The van der Waals surface area contributed by atoms with Gasteiger partial charge in [-0.25, -0.2) is 0 Å². The first kappa shape index (κ1) is 13.0. The molecule has 0 saturated carbocycles. The van der Waals surface area contributed by atoms with Crippen LogP contribution in [0, 0.1) is 5.92 Å². The average molecular weight is 253 g/mol. The van der Waals surface area contributed by atoms with Crippen LogP contribution in [0.25, 0.3) is 0 Å². The lowest BCUT2D eigenvalue weighted by atomic mass is 9.96. The van der Waals surface area contributed by atoms with Gasteiger partial charge in [0.1, 0.15) is 0 Å².